The Bertz CT molecular complexity index is 634. The minimum absolute atomic E-state index is 0.339. The molecule has 0 aliphatic heterocycles. The van der Waals surface area contributed by atoms with E-state index in [0.717, 1.165) is 12.0 Å². The van der Waals surface area contributed by atoms with Gasteiger partial charge in [-0.2, -0.15) is 0 Å². The minimum atomic E-state index is -0.374. The zero-order chi connectivity index (χ0) is 15.4. The molecule has 0 spiro atoms. The molecule has 0 bridgehead atoms. The van der Waals surface area contributed by atoms with Crippen molar-refractivity contribution < 1.29 is 8.78 Å². The Kier molecular flexibility index (Phi) is 5.73. The second-order valence-electron chi connectivity index (χ2n) is 4.73. The van der Waals surface area contributed by atoms with Crippen LogP contribution in [0.1, 0.15) is 30.5 Å². The van der Waals surface area contributed by atoms with E-state index in [4.69, 9.17) is 11.6 Å². The normalized spacial score (nSPS) is 12.4. The molecule has 0 amide bonds. The highest BCUT2D eigenvalue weighted by molar-refractivity contribution is 9.10. The van der Waals surface area contributed by atoms with Gasteiger partial charge >= 0.3 is 0 Å². The number of rotatable bonds is 5. The van der Waals surface area contributed by atoms with E-state index in [-0.39, 0.29) is 17.7 Å². The molecule has 1 N–H and O–H groups in total. The summed E-state index contributed by atoms with van der Waals surface area (Å²) >= 11 is 9.14. The van der Waals surface area contributed by atoms with Crippen molar-refractivity contribution in [2.45, 2.75) is 19.4 Å². The lowest BCUT2D eigenvalue weighted by molar-refractivity contribution is 0.545. The molecule has 0 saturated heterocycles. The van der Waals surface area contributed by atoms with Gasteiger partial charge in [-0.1, -0.05) is 24.6 Å². The Labute approximate surface area is 136 Å². The summed E-state index contributed by atoms with van der Waals surface area (Å²) < 4.78 is 27.9. The topological polar surface area (TPSA) is 12.0 Å². The van der Waals surface area contributed by atoms with Crippen LogP contribution in [0.3, 0.4) is 0 Å². The SMILES string of the molecule is CCCNC(c1ccc(F)c(Br)c1)c1cc(Cl)ccc1F. The first-order chi connectivity index (χ1) is 10.0. The second-order valence-corrected chi connectivity index (χ2v) is 6.02. The van der Waals surface area contributed by atoms with Crippen LogP contribution in [-0.4, -0.2) is 6.54 Å². The molecule has 0 aliphatic rings. The van der Waals surface area contributed by atoms with Gasteiger partial charge in [0.25, 0.3) is 0 Å². The van der Waals surface area contributed by atoms with Crippen molar-refractivity contribution in [1.82, 2.24) is 5.32 Å². The van der Waals surface area contributed by atoms with E-state index in [0.29, 0.717) is 21.6 Å². The second kappa shape index (κ2) is 7.34. The lowest BCUT2D eigenvalue weighted by Crippen LogP contribution is -2.24. The zero-order valence-corrected chi connectivity index (χ0v) is 13.8. The van der Waals surface area contributed by atoms with Crippen LogP contribution in [0.2, 0.25) is 5.02 Å². The summed E-state index contributed by atoms with van der Waals surface area (Å²) in [5.74, 6) is -0.687. The molecule has 0 aromatic heterocycles. The predicted octanol–water partition coefficient (Wildman–Crippen LogP) is 5.47. The van der Waals surface area contributed by atoms with Crippen LogP contribution in [0.15, 0.2) is 40.9 Å². The van der Waals surface area contributed by atoms with E-state index in [9.17, 15) is 8.78 Å². The van der Waals surface area contributed by atoms with Crippen LogP contribution in [-0.2, 0) is 0 Å². The molecule has 1 nitrogen and oxygen atoms in total. The lowest BCUT2D eigenvalue weighted by Gasteiger charge is -2.21. The largest absolute Gasteiger partial charge is 0.306 e. The van der Waals surface area contributed by atoms with Crippen molar-refractivity contribution in [2.24, 2.45) is 0 Å². The minimum Gasteiger partial charge on any atom is -0.306 e. The van der Waals surface area contributed by atoms with Gasteiger partial charge in [0.15, 0.2) is 0 Å². The van der Waals surface area contributed by atoms with Crippen LogP contribution in [0.25, 0.3) is 0 Å². The van der Waals surface area contributed by atoms with Crippen molar-refractivity contribution in [3.05, 3.63) is 68.7 Å². The highest BCUT2D eigenvalue weighted by atomic mass is 79.9. The molecule has 5 heteroatoms. The van der Waals surface area contributed by atoms with Gasteiger partial charge in [-0.05, 0) is 64.8 Å². The molecule has 2 aromatic carbocycles. The zero-order valence-electron chi connectivity index (χ0n) is 11.5. The maximum atomic E-state index is 14.1. The fourth-order valence-corrected chi connectivity index (χ4v) is 2.70. The molecule has 0 heterocycles. The van der Waals surface area contributed by atoms with Crippen LogP contribution in [0.5, 0.6) is 0 Å². The quantitative estimate of drug-likeness (QED) is 0.732. The Balaban J connectivity index is 2.46. The standard InChI is InChI=1S/C16H15BrClF2N/c1-2-7-21-16(10-3-5-15(20)13(17)8-10)12-9-11(18)4-6-14(12)19/h3-6,8-9,16,21H,2,7H2,1H3. The summed E-state index contributed by atoms with van der Waals surface area (Å²) in [6, 6.07) is 8.75. The van der Waals surface area contributed by atoms with Gasteiger partial charge in [0, 0.05) is 10.6 Å². The number of benzene rings is 2. The Morgan fingerprint density at radius 3 is 2.52 bits per heavy atom. The summed E-state index contributed by atoms with van der Waals surface area (Å²) in [7, 11) is 0. The van der Waals surface area contributed by atoms with E-state index < -0.39 is 0 Å². The third kappa shape index (κ3) is 4.02. The van der Waals surface area contributed by atoms with Gasteiger partial charge in [0.2, 0.25) is 0 Å². The number of hydrogen-bond acceptors (Lipinski definition) is 1. The molecule has 2 aromatic rings. The summed E-state index contributed by atoms with van der Waals surface area (Å²) in [6.07, 6.45) is 0.904. The first-order valence-corrected chi connectivity index (χ1v) is 7.83. The molecule has 0 fully saturated rings. The van der Waals surface area contributed by atoms with Gasteiger partial charge < -0.3 is 5.32 Å². The molecule has 0 radical (unpaired) electrons. The highest BCUT2D eigenvalue weighted by Gasteiger charge is 2.18. The Morgan fingerprint density at radius 2 is 1.86 bits per heavy atom. The average Bonchev–Trinajstić information content (AvgIpc) is 2.46. The van der Waals surface area contributed by atoms with Crippen LogP contribution in [0.4, 0.5) is 8.78 Å². The van der Waals surface area contributed by atoms with E-state index in [1.807, 2.05) is 6.92 Å². The first kappa shape index (κ1) is 16.4. The van der Waals surface area contributed by atoms with Gasteiger partial charge in [-0.25, -0.2) is 8.78 Å². The predicted molar refractivity (Wildman–Crippen MR) is 85.6 cm³/mol. The van der Waals surface area contributed by atoms with Crippen molar-refractivity contribution in [3.63, 3.8) is 0 Å². The maximum Gasteiger partial charge on any atom is 0.137 e. The lowest BCUT2D eigenvalue weighted by atomic mass is 9.98. The van der Waals surface area contributed by atoms with Crippen LogP contribution >= 0.6 is 27.5 Å². The van der Waals surface area contributed by atoms with Crippen molar-refractivity contribution in [2.75, 3.05) is 6.54 Å². The number of hydrogen-bond donors (Lipinski definition) is 1. The molecule has 1 atom stereocenters. The number of nitrogens with one attached hydrogen (secondary N) is 1. The maximum absolute atomic E-state index is 14.1. The van der Waals surface area contributed by atoms with E-state index in [1.54, 1.807) is 18.2 Å². The molecule has 21 heavy (non-hydrogen) atoms. The average molecular weight is 375 g/mol. The summed E-state index contributed by atoms with van der Waals surface area (Å²) in [4.78, 5) is 0. The van der Waals surface area contributed by atoms with Gasteiger partial charge in [-0.3, -0.25) is 0 Å². The molecule has 112 valence electrons. The fraction of sp³-hybridized carbons (Fsp3) is 0.250. The monoisotopic (exact) mass is 373 g/mol. The van der Waals surface area contributed by atoms with Gasteiger partial charge in [0.05, 0.1) is 10.5 Å². The van der Waals surface area contributed by atoms with E-state index >= 15 is 0 Å². The number of halogens is 4. The Hall–Kier alpha value is -0.970. The van der Waals surface area contributed by atoms with E-state index in [1.165, 1.54) is 18.2 Å². The third-order valence-corrected chi connectivity index (χ3v) is 3.99. The Morgan fingerprint density at radius 1 is 1.14 bits per heavy atom. The highest BCUT2D eigenvalue weighted by Crippen LogP contribution is 2.29. The van der Waals surface area contributed by atoms with Crippen molar-refractivity contribution >= 4 is 27.5 Å². The summed E-state index contributed by atoms with van der Waals surface area (Å²) in [5.41, 5.74) is 1.23. The van der Waals surface area contributed by atoms with Crippen molar-refractivity contribution in [3.8, 4) is 0 Å². The van der Waals surface area contributed by atoms with E-state index in [2.05, 4.69) is 21.2 Å². The summed E-state index contributed by atoms with van der Waals surface area (Å²) in [5, 5.41) is 3.74. The van der Waals surface area contributed by atoms with Crippen LogP contribution < -0.4 is 5.32 Å². The van der Waals surface area contributed by atoms with Crippen molar-refractivity contribution in [1.29, 1.82) is 0 Å². The fourth-order valence-electron chi connectivity index (χ4n) is 2.12. The van der Waals surface area contributed by atoms with Gasteiger partial charge in [-0.15, -0.1) is 0 Å². The molecule has 0 aliphatic carbocycles. The third-order valence-electron chi connectivity index (χ3n) is 3.14. The first-order valence-electron chi connectivity index (χ1n) is 6.66. The van der Waals surface area contributed by atoms with Crippen LogP contribution in [0, 0.1) is 11.6 Å². The molecular formula is C16H15BrClF2N. The molecule has 1 unspecified atom stereocenters. The molecular weight excluding hydrogens is 360 g/mol. The van der Waals surface area contributed by atoms with Gasteiger partial charge in [0.1, 0.15) is 11.6 Å². The molecule has 0 saturated carbocycles. The summed E-state index contributed by atoms with van der Waals surface area (Å²) in [6.45, 7) is 2.74. The smallest absolute Gasteiger partial charge is 0.137 e. The molecule has 2 rings (SSSR count).